The molecule has 0 aromatic carbocycles. The van der Waals surface area contributed by atoms with Gasteiger partial charge in [0.2, 0.25) is 11.8 Å². The topological polar surface area (TPSA) is 78.4 Å². The van der Waals surface area contributed by atoms with E-state index >= 15 is 0 Å². The molecule has 20 heavy (non-hydrogen) atoms. The second-order valence-corrected chi connectivity index (χ2v) is 5.87. The zero-order valence-electron chi connectivity index (χ0n) is 12.9. The smallest absolute Gasteiger partial charge is 0.242 e. The van der Waals surface area contributed by atoms with Gasteiger partial charge in [-0.2, -0.15) is 0 Å². The van der Waals surface area contributed by atoms with Crippen molar-refractivity contribution < 1.29 is 14.7 Å². The summed E-state index contributed by atoms with van der Waals surface area (Å²) in [5.74, 6) is -0.138. The van der Waals surface area contributed by atoms with Crippen molar-refractivity contribution in [3.8, 4) is 0 Å². The molecule has 0 aliphatic heterocycles. The molecule has 0 radical (unpaired) electrons. The van der Waals surface area contributed by atoms with Gasteiger partial charge in [0.25, 0.3) is 0 Å². The van der Waals surface area contributed by atoms with Crippen LogP contribution in [0.3, 0.4) is 0 Å². The van der Waals surface area contributed by atoms with Crippen molar-refractivity contribution in [2.45, 2.75) is 70.9 Å². The van der Waals surface area contributed by atoms with E-state index in [1.54, 1.807) is 0 Å². The minimum absolute atomic E-state index is 0.174. The van der Waals surface area contributed by atoms with Crippen LogP contribution in [0.25, 0.3) is 0 Å². The second-order valence-electron chi connectivity index (χ2n) is 5.87. The fourth-order valence-electron chi connectivity index (χ4n) is 2.77. The molecule has 1 atom stereocenters. The lowest BCUT2D eigenvalue weighted by Gasteiger charge is -2.28. The number of hydrogen-bond donors (Lipinski definition) is 3. The van der Waals surface area contributed by atoms with E-state index in [1.807, 2.05) is 13.8 Å². The lowest BCUT2D eigenvalue weighted by atomic mass is 9.95. The summed E-state index contributed by atoms with van der Waals surface area (Å²) in [7, 11) is 0. The highest BCUT2D eigenvalue weighted by Crippen LogP contribution is 2.28. The summed E-state index contributed by atoms with van der Waals surface area (Å²) >= 11 is 0. The molecule has 1 unspecified atom stereocenters. The van der Waals surface area contributed by atoms with Gasteiger partial charge in [-0.3, -0.25) is 9.59 Å². The number of hydrogen-bond acceptors (Lipinski definition) is 3. The predicted molar refractivity (Wildman–Crippen MR) is 78.1 cm³/mol. The van der Waals surface area contributed by atoms with Crippen LogP contribution in [0, 0.1) is 5.92 Å². The molecule has 0 spiro atoms. The van der Waals surface area contributed by atoms with Crippen LogP contribution >= 0.6 is 0 Å². The Kier molecular flexibility index (Phi) is 6.46. The fourth-order valence-corrected chi connectivity index (χ4v) is 2.77. The molecule has 1 aliphatic rings. The van der Waals surface area contributed by atoms with Crippen molar-refractivity contribution in [1.29, 1.82) is 0 Å². The van der Waals surface area contributed by atoms with Crippen LogP contribution in [-0.2, 0) is 9.59 Å². The van der Waals surface area contributed by atoms with E-state index in [1.165, 1.54) is 6.92 Å². The van der Waals surface area contributed by atoms with Crippen molar-refractivity contribution in [1.82, 2.24) is 10.6 Å². The summed E-state index contributed by atoms with van der Waals surface area (Å²) in [5.41, 5.74) is -0.855. The van der Waals surface area contributed by atoms with Gasteiger partial charge in [-0.25, -0.2) is 0 Å². The zero-order chi connectivity index (χ0) is 15.2. The number of nitrogens with one attached hydrogen (secondary N) is 2. The SMILES string of the molecule is CCC(O)(CC)CNC(=O)C(NC(C)=O)C1CCCC1. The first-order valence-corrected chi connectivity index (χ1v) is 7.69. The third kappa shape index (κ3) is 4.78. The standard InChI is InChI=1S/C15H28N2O3/c1-4-15(20,5-2)10-16-14(19)13(17-11(3)18)12-8-6-7-9-12/h12-13,20H,4-10H2,1-3H3,(H,16,19)(H,17,18). The lowest BCUT2D eigenvalue weighted by molar-refractivity contribution is -0.130. The molecule has 5 heteroatoms. The molecule has 1 rings (SSSR count). The number of amides is 2. The van der Waals surface area contributed by atoms with E-state index in [2.05, 4.69) is 10.6 Å². The minimum Gasteiger partial charge on any atom is -0.388 e. The largest absolute Gasteiger partial charge is 0.388 e. The van der Waals surface area contributed by atoms with Crippen molar-refractivity contribution in [2.24, 2.45) is 5.92 Å². The molecule has 3 N–H and O–H groups in total. The van der Waals surface area contributed by atoms with Crippen molar-refractivity contribution in [3.63, 3.8) is 0 Å². The van der Waals surface area contributed by atoms with E-state index in [4.69, 9.17) is 0 Å². The van der Waals surface area contributed by atoms with Gasteiger partial charge < -0.3 is 15.7 Å². The van der Waals surface area contributed by atoms with Crippen LogP contribution in [0.2, 0.25) is 0 Å². The quantitative estimate of drug-likeness (QED) is 0.660. The molecule has 1 saturated carbocycles. The summed E-state index contributed by atoms with van der Waals surface area (Å²) in [6.07, 6.45) is 5.37. The van der Waals surface area contributed by atoms with Crippen LogP contribution in [0.1, 0.15) is 59.3 Å². The molecule has 0 heterocycles. The predicted octanol–water partition coefficient (Wildman–Crippen LogP) is 1.35. The molecular weight excluding hydrogens is 256 g/mol. The van der Waals surface area contributed by atoms with Gasteiger partial charge in [-0.15, -0.1) is 0 Å². The van der Waals surface area contributed by atoms with Crippen LogP contribution in [0.5, 0.6) is 0 Å². The second kappa shape index (κ2) is 7.62. The third-order valence-corrected chi connectivity index (χ3v) is 4.42. The molecule has 0 saturated heterocycles. The van der Waals surface area contributed by atoms with Gasteiger partial charge in [-0.05, 0) is 31.6 Å². The monoisotopic (exact) mass is 284 g/mol. The summed E-state index contributed by atoms with van der Waals surface area (Å²) < 4.78 is 0. The number of rotatable bonds is 7. The van der Waals surface area contributed by atoms with Crippen molar-refractivity contribution in [3.05, 3.63) is 0 Å². The van der Waals surface area contributed by atoms with Gasteiger partial charge >= 0.3 is 0 Å². The summed E-state index contributed by atoms with van der Waals surface area (Å²) in [6.45, 7) is 5.47. The first-order valence-electron chi connectivity index (χ1n) is 7.69. The van der Waals surface area contributed by atoms with Gasteiger partial charge in [-0.1, -0.05) is 26.7 Å². The lowest BCUT2D eigenvalue weighted by Crippen LogP contribution is -2.53. The van der Waals surface area contributed by atoms with Gasteiger partial charge in [0.05, 0.1) is 5.60 Å². The Hall–Kier alpha value is -1.10. The highest BCUT2D eigenvalue weighted by Gasteiger charge is 2.32. The van der Waals surface area contributed by atoms with Gasteiger partial charge in [0.15, 0.2) is 0 Å². The fraction of sp³-hybridized carbons (Fsp3) is 0.867. The maximum Gasteiger partial charge on any atom is 0.242 e. The third-order valence-electron chi connectivity index (χ3n) is 4.42. The summed E-state index contributed by atoms with van der Waals surface area (Å²) in [6, 6.07) is -0.465. The van der Waals surface area contributed by atoms with Crippen molar-refractivity contribution in [2.75, 3.05) is 6.54 Å². The van der Waals surface area contributed by atoms with Gasteiger partial charge in [0, 0.05) is 13.5 Å². The normalized spacial score (nSPS) is 17.8. The highest BCUT2D eigenvalue weighted by molar-refractivity contribution is 5.87. The van der Waals surface area contributed by atoms with Crippen LogP contribution in [-0.4, -0.2) is 35.1 Å². The van der Waals surface area contributed by atoms with Crippen LogP contribution in [0.4, 0.5) is 0 Å². The average molecular weight is 284 g/mol. The molecule has 2 amide bonds. The Labute approximate surface area is 121 Å². The Morgan fingerprint density at radius 1 is 1.25 bits per heavy atom. The van der Waals surface area contributed by atoms with Crippen molar-refractivity contribution >= 4 is 11.8 Å². The molecule has 0 bridgehead atoms. The maximum absolute atomic E-state index is 12.3. The van der Waals surface area contributed by atoms with E-state index in [0.29, 0.717) is 12.8 Å². The Balaban J connectivity index is 2.61. The average Bonchev–Trinajstić information content (AvgIpc) is 2.95. The summed E-state index contributed by atoms with van der Waals surface area (Å²) in [4.78, 5) is 23.6. The van der Waals surface area contributed by atoms with Gasteiger partial charge in [0.1, 0.15) is 6.04 Å². The Morgan fingerprint density at radius 2 is 1.80 bits per heavy atom. The number of carbonyl (C=O) groups is 2. The molecule has 1 aliphatic carbocycles. The Morgan fingerprint density at radius 3 is 2.25 bits per heavy atom. The first-order chi connectivity index (χ1) is 9.41. The van der Waals surface area contributed by atoms with E-state index in [-0.39, 0.29) is 24.3 Å². The number of aliphatic hydroxyl groups is 1. The molecule has 0 aromatic rings. The van der Waals surface area contributed by atoms with Crippen LogP contribution < -0.4 is 10.6 Å². The number of carbonyl (C=O) groups excluding carboxylic acids is 2. The minimum atomic E-state index is -0.855. The first kappa shape index (κ1) is 17.0. The Bertz CT molecular complexity index is 334. The molecule has 1 fully saturated rings. The summed E-state index contributed by atoms with van der Waals surface area (Å²) in [5, 5.41) is 15.8. The molecule has 0 aromatic heterocycles. The van der Waals surface area contributed by atoms with E-state index < -0.39 is 11.6 Å². The highest BCUT2D eigenvalue weighted by atomic mass is 16.3. The molecule has 116 valence electrons. The van der Waals surface area contributed by atoms with E-state index in [9.17, 15) is 14.7 Å². The van der Waals surface area contributed by atoms with E-state index in [0.717, 1.165) is 25.7 Å². The zero-order valence-corrected chi connectivity index (χ0v) is 12.9. The molecular formula is C15H28N2O3. The maximum atomic E-state index is 12.3. The molecule has 5 nitrogen and oxygen atoms in total. The van der Waals surface area contributed by atoms with Crippen LogP contribution in [0.15, 0.2) is 0 Å².